The molecule has 5 aromatic rings. The maximum absolute atomic E-state index is 13.8. The van der Waals surface area contributed by atoms with Crippen LogP contribution >= 0.6 is 0 Å². The number of carbonyl (C=O) groups excluding carboxylic acids is 1. The summed E-state index contributed by atoms with van der Waals surface area (Å²) in [5.41, 5.74) is 0.925. The molecule has 0 unspecified atom stereocenters. The number of aromatic nitrogens is 1. The van der Waals surface area contributed by atoms with Crippen molar-refractivity contribution in [2.75, 3.05) is 26.3 Å². The quantitative estimate of drug-likeness (QED) is 0.0531. The maximum atomic E-state index is 13.8. The number of hydrogen-bond acceptors (Lipinski definition) is 8. The van der Waals surface area contributed by atoms with E-state index in [0.717, 1.165) is 71.0 Å². The standard InChI is InChI=1S/C45H52N2O7/c48-40(38-21-23-41(49)43-39(38)22-24-42(50)46-43)20-11-3-1-2-4-12-29-53-37-19-13-18-36(30-37)45(52,35-16-9-6-10-17-35)44(51)54-32-34-25-27-47(28-26-34)31-33-14-7-5-8-15-33/h5-10,13-19,21-24,30,34,40,48-49,52H,1-4,11-12,20,25-29,31-32H2,(H,46,50)/t40-,45-/m1/s1. The Bertz CT molecular complexity index is 1990. The van der Waals surface area contributed by atoms with Crippen LogP contribution in [0.2, 0.25) is 0 Å². The molecule has 1 saturated heterocycles. The number of aliphatic hydroxyl groups is 2. The summed E-state index contributed by atoms with van der Waals surface area (Å²) in [6, 6.07) is 32.8. The van der Waals surface area contributed by atoms with Crippen LogP contribution in [-0.4, -0.2) is 57.5 Å². The van der Waals surface area contributed by atoms with E-state index in [1.165, 1.54) is 17.7 Å². The third kappa shape index (κ3) is 9.96. The molecule has 2 atom stereocenters. The molecule has 0 amide bonds. The molecule has 9 nitrogen and oxygen atoms in total. The van der Waals surface area contributed by atoms with Crippen LogP contribution in [0.4, 0.5) is 0 Å². The van der Waals surface area contributed by atoms with Gasteiger partial charge >= 0.3 is 5.97 Å². The van der Waals surface area contributed by atoms with Gasteiger partial charge in [0.15, 0.2) is 0 Å². The first-order valence-electron chi connectivity index (χ1n) is 19.3. The first-order chi connectivity index (χ1) is 26.3. The number of pyridine rings is 1. The van der Waals surface area contributed by atoms with Gasteiger partial charge in [0.05, 0.1) is 24.8 Å². The molecular weight excluding hydrogens is 681 g/mol. The Labute approximate surface area is 317 Å². The number of aromatic hydroxyl groups is 1. The summed E-state index contributed by atoms with van der Waals surface area (Å²) in [6.45, 7) is 3.57. The van der Waals surface area contributed by atoms with Crippen molar-refractivity contribution in [3.05, 3.63) is 142 Å². The molecule has 54 heavy (non-hydrogen) atoms. The van der Waals surface area contributed by atoms with Crippen molar-refractivity contribution >= 4 is 16.9 Å². The normalized spacial score (nSPS) is 15.4. The second kappa shape index (κ2) is 18.9. The zero-order chi connectivity index (χ0) is 37.8. The number of hydrogen-bond donors (Lipinski definition) is 4. The zero-order valence-corrected chi connectivity index (χ0v) is 30.9. The van der Waals surface area contributed by atoms with Crippen LogP contribution in [0.25, 0.3) is 10.9 Å². The molecule has 2 heterocycles. The number of aromatic amines is 1. The highest BCUT2D eigenvalue weighted by Gasteiger charge is 2.42. The molecular formula is C45H52N2O7. The average molecular weight is 733 g/mol. The number of fused-ring (bicyclic) bond motifs is 1. The number of nitrogens with zero attached hydrogens (tertiary/aromatic N) is 1. The highest BCUT2D eigenvalue weighted by molar-refractivity contribution is 5.87. The molecule has 1 aliphatic heterocycles. The Morgan fingerprint density at radius 3 is 2.26 bits per heavy atom. The number of benzene rings is 4. The fourth-order valence-electron chi connectivity index (χ4n) is 7.39. The third-order valence-corrected chi connectivity index (χ3v) is 10.6. The number of esters is 1. The largest absolute Gasteiger partial charge is 0.506 e. The Balaban J connectivity index is 0.937. The summed E-state index contributed by atoms with van der Waals surface area (Å²) in [4.78, 5) is 30.5. The summed E-state index contributed by atoms with van der Waals surface area (Å²) in [7, 11) is 0. The van der Waals surface area contributed by atoms with Crippen LogP contribution in [0, 0.1) is 5.92 Å². The third-order valence-electron chi connectivity index (χ3n) is 10.6. The molecule has 1 fully saturated rings. The Morgan fingerprint density at radius 2 is 1.50 bits per heavy atom. The number of ether oxygens (including phenoxy) is 2. The predicted octanol–water partition coefficient (Wildman–Crippen LogP) is 7.77. The lowest BCUT2D eigenvalue weighted by atomic mass is 9.86. The van der Waals surface area contributed by atoms with Crippen LogP contribution in [0.5, 0.6) is 11.5 Å². The van der Waals surface area contributed by atoms with Gasteiger partial charge in [0.1, 0.15) is 11.5 Å². The summed E-state index contributed by atoms with van der Waals surface area (Å²) >= 11 is 0. The number of nitrogens with one attached hydrogen (secondary N) is 1. The number of H-pyrrole nitrogens is 1. The number of phenolic OH excluding ortho intramolecular Hbond substituents is 1. The van der Waals surface area contributed by atoms with Crippen molar-refractivity contribution in [1.29, 1.82) is 0 Å². The maximum Gasteiger partial charge on any atom is 0.347 e. The number of aliphatic hydroxyl groups excluding tert-OH is 1. The Morgan fingerprint density at radius 1 is 0.815 bits per heavy atom. The van der Waals surface area contributed by atoms with Crippen molar-refractivity contribution < 1.29 is 29.6 Å². The van der Waals surface area contributed by atoms with Gasteiger partial charge in [-0.05, 0) is 85.6 Å². The Kier molecular flexibility index (Phi) is 13.5. The fourth-order valence-corrected chi connectivity index (χ4v) is 7.39. The van der Waals surface area contributed by atoms with Gasteiger partial charge in [0, 0.05) is 23.6 Å². The van der Waals surface area contributed by atoms with Gasteiger partial charge < -0.3 is 29.8 Å². The van der Waals surface area contributed by atoms with Crippen LogP contribution in [0.3, 0.4) is 0 Å². The smallest absolute Gasteiger partial charge is 0.347 e. The molecule has 0 radical (unpaired) electrons. The lowest BCUT2D eigenvalue weighted by Gasteiger charge is -2.33. The van der Waals surface area contributed by atoms with E-state index in [4.69, 9.17) is 9.47 Å². The summed E-state index contributed by atoms with van der Waals surface area (Å²) in [5, 5.41) is 33.7. The predicted molar refractivity (Wildman–Crippen MR) is 210 cm³/mol. The highest BCUT2D eigenvalue weighted by atomic mass is 16.5. The van der Waals surface area contributed by atoms with Gasteiger partial charge in [-0.25, -0.2) is 4.79 Å². The SMILES string of the molecule is O=C(OCC1CCN(Cc2ccccc2)CC1)[C@@](O)(c1ccccc1)c1cccc(OCCCCCCCC[C@@H](O)c2ccc(O)c3[nH]c(=O)ccc23)c1. The van der Waals surface area contributed by atoms with E-state index in [0.29, 0.717) is 46.4 Å². The van der Waals surface area contributed by atoms with E-state index < -0.39 is 17.7 Å². The van der Waals surface area contributed by atoms with Gasteiger partial charge in [-0.1, -0.05) is 111 Å². The van der Waals surface area contributed by atoms with E-state index in [1.54, 1.807) is 54.6 Å². The fraction of sp³-hybridized carbons (Fsp3) is 0.378. The minimum atomic E-state index is -1.98. The Hall–Kier alpha value is -4.96. The summed E-state index contributed by atoms with van der Waals surface area (Å²) in [5.74, 6) is 0.126. The first-order valence-corrected chi connectivity index (χ1v) is 19.3. The summed E-state index contributed by atoms with van der Waals surface area (Å²) < 4.78 is 12.0. The van der Waals surface area contributed by atoms with Crippen LogP contribution in [0.15, 0.2) is 114 Å². The molecule has 9 heteroatoms. The second-order valence-electron chi connectivity index (χ2n) is 14.5. The van der Waals surface area contributed by atoms with Gasteiger partial charge in [-0.3, -0.25) is 9.69 Å². The van der Waals surface area contributed by atoms with Crippen molar-refractivity contribution in [3.8, 4) is 11.5 Å². The number of carbonyl (C=O) groups is 1. The second-order valence-corrected chi connectivity index (χ2v) is 14.5. The first kappa shape index (κ1) is 38.8. The molecule has 4 N–H and O–H groups in total. The van der Waals surface area contributed by atoms with Gasteiger partial charge in [0.2, 0.25) is 11.2 Å². The van der Waals surface area contributed by atoms with Gasteiger partial charge in [-0.2, -0.15) is 0 Å². The van der Waals surface area contributed by atoms with Crippen molar-refractivity contribution in [2.24, 2.45) is 5.92 Å². The lowest BCUT2D eigenvalue weighted by Crippen LogP contribution is -2.40. The van der Waals surface area contributed by atoms with E-state index in [2.05, 4.69) is 34.1 Å². The number of phenols is 1. The molecule has 0 saturated carbocycles. The molecule has 0 spiro atoms. The molecule has 284 valence electrons. The lowest BCUT2D eigenvalue weighted by molar-refractivity contribution is -0.164. The van der Waals surface area contributed by atoms with Crippen molar-refractivity contribution in [2.45, 2.75) is 76.0 Å². The minimum Gasteiger partial charge on any atom is -0.506 e. The van der Waals surface area contributed by atoms with Crippen molar-refractivity contribution in [3.63, 3.8) is 0 Å². The number of likely N-dealkylation sites (tertiary alicyclic amines) is 1. The zero-order valence-electron chi connectivity index (χ0n) is 30.9. The topological polar surface area (TPSA) is 132 Å². The van der Waals surface area contributed by atoms with Gasteiger partial charge in [-0.15, -0.1) is 0 Å². The summed E-state index contributed by atoms with van der Waals surface area (Å²) in [6.07, 6.45) is 7.53. The number of rotatable bonds is 18. The minimum absolute atomic E-state index is 0.0130. The number of unbranched alkanes of at least 4 members (excludes halogenated alkanes) is 5. The van der Waals surface area contributed by atoms with E-state index >= 15 is 0 Å². The molecule has 1 aromatic heterocycles. The highest BCUT2D eigenvalue weighted by Crippen LogP contribution is 2.34. The molecule has 4 aromatic carbocycles. The van der Waals surface area contributed by atoms with Crippen LogP contribution < -0.4 is 10.3 Å². The van der Waals surface area contributed by atoms with Crippen LogP contribution in [0.1, 0.15) is 86.1 Å². The molecule has 6 rings (SSSR count). The van der Waals surface area contributed by atoms with E-state index in [1.807, 2.05) is 18.2 Å². The van der Waals surface area contributed by atoms with Gasteiger partial charge in [0.25, 0.3) is 0 Å². The average Bonchev–Trinajstić information content (AvgIpc) is 3.20. The molecule has 0 bridgehead atoms. The molecule has 1 aliphatic rings. The number of piperidine rings is 1. The van der Waals surface area contributed by atoms with E-state index in [9.17, 15) is 24.9 Å². The molecule has 0 aliphatic carbocycles. The van der Waals surface area contributed by atoms with Crippen LogP contribution in [-0.2, 0) is 21.7 Å². The monoisotopic (exact) mass is 732 g/mol. The van der Waals surface area contributed by atoms with E-state index in [-0.39, 0.29) is 23.8 Å². The van der Waals surface area contributed by atoms with Crippen molar-refractivity contribution in [1.82, 2.24) is 9.88 Å².